The molecular formula is C60H107N8O12PSi4. The summed E-state index contributed by atoms with van der Waals surface area (Å²) in [6.45, 7) is 41.3. The van der Waals surface area contributed by atoms with Crippen molar-refractivity contribution < 1.29 is 56.4 Å². The van der Waals surface area contributed by atoms with Gasteiger partial charge in [0, 0.05) is 125 Å². The highest BCUT2D eigenvalue weighted by molar-refractivity contribution is 7.54. The van der Waals surface area contributed by atoms with Crippen molar-refractivity contribution in [1.82, 2.24) is 29.2 Å². The molecule has 4 heterocycles. The molecule has 2 aliphatic carbocycles. The number of fused-ring (bicyclic) bond motifs is 2. The predicted octanol–water partition coefficient (Wildman–Crippen LogP) is 13.5. The summed E-state index contributed by atoms with van der Waals surface area (Å²) in [5.41, 5.74) is 4.93. The number of carbonyl (C=O) groups is 3. The molecule has 2 saturated carbocycles. The molecule has 85 heavy (non-hydrogen) atoms. The number of nitrogens with zero attached hydrogens (tertiary/aromatic N) is 8. The number of hydrogen-bond acceptors (Lipinski definition) is 18. The van der Waals surface area contributed by atoms with Crippen molar-refractivity contribution in [1.29, 1.82) is 0 Å². The van der Waals surface area contributed by atoms with Gasteiger partial charge in [0.05, 0.1) is 38.8 Å². The second kappa shape index (κ2) is 35.9. The Morgan fingerprint density at radius 2 is 0.929 bits per heavy atom. The molecule has 25 heteroatoms. The molecule has 2 fully saturated rings. The lowest BCUT2D eigenvalue weighted by Crippen LogP contribution is -2.33. The van der Waals surface area contributed by atoms with Crippen LogP contribution in [0.2, 0.25) is 103 Å². The van der Waals surface area contributed by atoms with Crippen molar-refractivity contribution in [3.05, 3.63) is 59.7 Å². The Hall–Kier alpha value is -3.95. The first-order valence-corrected chi connectivity index (χ1v) is 47.5. The molecule has 2 aliphatic rings. The summed E-state index contributed by atoms with van der Waals surface area (Å²) in [6, 6.07) is 12.7. The molecule has 0 aliphatic heterocycles. The van der Waals surface area contributed by atoms with E-state index >= 15 is 0 Å². The van der Waals surface area contributed by atoms with Gasteiger partial charge in [0.1, 0.15) is 50.5 Å². The lowest BCUT2D eigenvalue weighted by Gasteiger charge is -2.28. The molecule has 0 bridgehead atoms. The van der Waals surface area contributed by atoms with Gasteiger partial charge in [0.25, 0.3) is 0 Å². The maximum absolute atomic E-state index is 11.9. The number of esters is 2. The number of Topliss-reactive ketones (excluding diaryl/α,β-unsaturated/α-hetero) is 1. The second-order valence-electron chi connectivity index (χ2n) is 26.8. The summed E-state index contributed by atoms with van der Waals surface area (Å²) in [5, 5.41) is 9.11. The second-order valence-corrected chi connectivity index (χ2v) is 51.3. The van der Waals surface area contributed by atoms with Gasteiger partial charge in [-0.05, 0) is 90.4 Å². The van der Waals surface area contributed by atoms with Crippen LogP contribution in [0.15, 0.2) is 48.3 Å². The Balaban J connectivity index is 0.000000300. The molecule has 480 valence electrons. The number of ether oxygens (including phenoxy) is 6. The van der Waals surface area contributed by atoms with Crippen LogP contribution in [0.3, 0.4) is 0 Å². The van der Waals surface area contributed by atoms with Gasteiger partial charge in [0.2, 0.25) is 0 Å². The van der Waals surface area contributed by atoms with E-state index in [0.29, 0.717) is 64.0 Å². The average Bonchev–Trinajstić information content (AvgIpc) is 2.60. The number of aromatic nitrogens is 6. The maximum atomic E-state index is 11.9. The highest BCUT2D eigenvalue weighted by Gasteiger charge is 2.29. The van der Waals surface area contributed by atoms with Crippen molar-refractivity contribution >= 4 is 80.5 Å². The van der Waals surface area contributed by atoms with Gasteiger partial charge < -0.3 is 47.3 Å². The van der Waals surface area contributed by atoms with Crippen LogP contribution in [0.4, 0.5) is 11.6 Å². The van der Waals surface area contributed by atoms with Gasteiger partial charge in [-0.1, -0.05) is 84.1 Å². The van der Waals surface area contributed by atoms with Crippen LogP contribution in [0.1, 0.15) is 102 Å². The largest absolute Gasteiger partial charge is 0.466 e. The van der Waals surface area contributed by atoms with E-state index in [-0.39, 0.29) is 32.0 Å². The van der Waals surface area contributed by atoms with Gasteiger partial charge in [0.15, 0.2) is 11.3 Å². The highest BCUT2D eigenvalue weighted by atomic mass is 31.2. The fourth-order valence-corrected chi connectivity index (χ4v) is 13.6. The van der Waals surface area contributed by atoms with Crippen LogP contribution in [0, 0.1) is 0 Å². The lowest BCUT2D eigenvalue weighted by atomic mass is 9.83. The zero-order valence-corrected chi connectivity index (χ0v) is 59.7. The molecule has 0 unspecified atom stereocenters. The van der Waals surface area contributed by atoms with Crippen LogP contribution in [0.25, 0.3) is 11.3 Å². The first-order valence-electron chi connectivity index (χ1n) is 31.0. The quantitative estimate of drug-likeness (QED) is 0.0108. The average molecular weight is 1280 g/mol. The fraction of sp³-hybridized carbons (Fsp3) is 0.717. The van der Waals surface area contributed by atoms with Crippen molar-refractivity contribution in [2.45, 2.75) is 194 Å². The number of rotatable bonds is 33. The molecule has 4 aromatic heterocycles. The van der Waals surface area contributed by atoms with Gasteiger partial charge in [-0.15, -0.1) is 0 Å². The van der Waals surface area contributed by atoms with Crippen LogP contribution < -0.4 is 9.80 Å². The zero-order chi connectivity index (χ0) is 62.9. The van der Waals surface area contributed by atoms with Crippen molar-refractivity contribution in [2.24, 2.45) is 0 Å². The zero-order valence-electron chi connectivity index (χ0n) is 54.8. The first kappa shape index (κ1) is 73.5. The number of carbonyl (C=O) groups excluding carboxylic acids is 3. The molecule has 0 amide bonds. The molecule has 0 saturated heterocycles. The van der Waals surface area contributed by atoms with Crippen molar-refractivity contribution in [3.63, 3.8) is 0 Å². The smallest absolute Gasteiger partial charge is 0.341 e. The molecule has 0 N–H and O–H groups in total. The van der Waals surface area contributed by atoms with Crippen LogP contribution >= 0.6 is 7.60 Å². The van der Waals surface area contributed by atoms with E-state index < -0.39 is 45.9 Å². The van der Waals surface area contributed by atoms with E-state index in [1.807, 2.05) is 28.1 Å². The monoisotopic (exact) mass is 1270 g/mol. The molecule has 4 aromatic rings. The molecule has 20 nitrogen and oxygen atoms in total. The minimum atomic E-state index is -3.28. The van der Waals surface area contributed by atoms with Crippen molar-refractivity contribution in [2.75, 3.05) is 95.7 Å². The Bertz CT molecular complexity index is 2670. The highest BCUT2D eigenvalue weighted by Crippen LogP contribution is 2.48. The summed E-state index contributed by atoms with van der Waals surface area (Å²) < 4.78 is 59.7. The van der Waals surface area contributed by atoms with Crippen LogP contribution in [-0.2, 0) is 56.4 Å². The van der Waals surface area contributed by atoms with E-state index in [9.17, 15) is 18.9 Å². The lowest BCUT2D eigenvalue weighted by molar-refractivity contribution is -0.140. The Morgan fingerprint density at radius 1 is 0.565 bits per heavy atom. The van der Waals surface area contributed by atoms with Gasteiger partial charge in [-0.2, -0.15) is 19.2 Å². The van der Waals surface area contributed by atoms with E-state index in [0.717, 1.165) is 123 Å². The van der Waals surface area contributed by atoms with Crippen LogP contribution in [0.5, 0.6) is 0 Å². The minimum absolute atomic E-state index is 0.235. The minimum Gasteiger partial charge on any atom is -0.466 e. The Morgan fingerprint density at radius 3 is 1.27 bits per heavy atom. The molecule has 0 atom stereocenters. The number of ketones is 1. The number of hydrogen-bond donors (Lipinski definition) is 0. The third-order valence-corrected chi connectivity index (χ3v) is 23.0. The standard InChI is InChI=1S/C28H48N4O4Si2.C24H42N4O3Si2.C8H17O5P/c1-8-36-28(33)19-23-9-11-24(12-10-23)25-20-27(32-26(30-25)13-14-29-32)31(21-34-15-17-37(2,3)4)22-35-16-18-38(5,6)7;1-32(2,3)15-13-30-18-27(19-31-14-16-33(4,5)6)24-17-22(20-7-9-21(29)10-8-20)26-23-11-12-25-28(23)24;1-4-11-8(9)7-14(10,12-5-2)13-6-3/h13-14,19-20,24H,8-12,15-18,21-22H2,1-7H3;11-12,17,20H,7-10,13-16,18-19H2,1-6H3;4-7H2,1-3H3. The predicted molar refractivity (Wildman–Crippen MR) is 351 cm³/mol. The Labute approximate surface area is 512 Å². The summed E-state index contributed by atoms with van der Waals surface area (Å²) in [6.07, 6.45) is 11.7. The van der Waals surface area contributed by atoms with Gasteiger partial charge in [-0.3, -0.25) is 14.2 Å². The van der Waals surface area contributed by atoms with Crippen molar-refractivity contribution in [3.8, 4) is 0 Å². The third-order valence-electron chi connectivity index (χ3n) is 14.2. The summed E-state index contributed by atoms with van der Waals surface area (Å²) in [7, 11) is -7.95. The molecule has 6 rings (SSSR count). The fourth-order valence-electron chi connectivity index (χ4n) is 9.15. The normalized spacial score (nSPS) is 15.5. The number of anilines is 2. The third kappa shape index (κ3) is 28.4. The molecule has 0 radical (unpaired) electrons. The van der Waals surface area contributed by atoms with E-state index in [4.69, 9.17) is 42.7 Å². The first-order chi connectivity index (χ1) is 40.0. The summed E-state index contributed by atoms with van der Waals surface area (Å²) in [5.74, 6) is 2.10. The summed E-state index contributed by atoms with van der Waals surface area (Å²) >= 11 is 0. The molecule has 0 spiro atoms. The van der Waals surface area contributed by atoms with E-state index in [2.05, 4.69) is 115 Å². The summed E-state index contributed by atoms with van der Waals surface area (Å²) in [4.78, 5) is 48.8. The Kier molecular flexibility index (Phi) is 31.0. The molecular weight excluding hydrogens is 1170 g/mol. The van der Waals surface area contributed by atoms with E-state index in [1.54, 1.807) is 39.2 Å². The van der Waals surface area contributed by atoms with Gasteiger partial charge >= 0.3 is 19.5 Å². The number of allylic oxidation sites excluding steroid dienone is 1. The van der Waals surface area contributed by atoms with Crippen LogP contribution in [-0.4, -0.2) is 165 Å². The maximum Gasteiger partial charge on any atom is 0.341 e. The topological polar surface area (TPSA) is 209 Å². The molecule has 0 aromatic carbocycles. The SMILES string of the molecule is CCOC(=O)C=C1CCC(c2cc(N(COCC[Si](C)(C)C)COCC[Si](C)(C)C)n3nccc3n2)CC1.CCOC(=O)CP(=O)(OCC)OCC.C[Si](C)(C)CCOCN(COCC[Si](C)(C)C)c1cc(C2CCC(=O)CC2)nc2ccnn12. The van der Waals surface area contributed by atoms with Gasteiger partial charge in [-0.25, -0.2) is 14.8 Å². The van der Waals surface area contributed by atoms with E-state index in [1.165, 1.54) is 5.57 Å².